The molecule has 0 unspecified atom stereocenters. The van der Waals surface area contributed by atoms with Gasteiger partial charge in [0.2, 0.25) is 5.91 Å². The molecule has 0 aromatic carbocycles. The summed E-state index contributed by atoms with van der Waals surface area (Å²) in [5.74, 6) is -0.0788. The molecule has 9 heteroatoms. The molecule has 132 valence electrons. The van der Waals surface area contributed by atoms with E-state index in [2.05, 4.69) is 15.8 Å². The molecular weight excluding hydrogens is 334 g/mol. The number of aryl methyl sites for hydroxylation is 1. The molecule has 0 aliphatic heterocycles. The summed E-state index contributed by atoms with van der Waals surface area (Å²) in [6, 6.07) is 1.80. The van der Waals surface area contributed by atoms with Gasteiger partial charge in [-0.25, -0.2) is 0 Å². The van der Waals surface area contributed by atoms with Crippen LogP contribution in [0, 0.1) is 6.92 Å². The second-order valence-electron chi connectivity index (χ2n) is 5.57. The Morgan fingerprint density at radius 1 is 1.29 bits per heavy atom. The summed E-state index contributed by atoms with van der Waals surface area (Å²) in [4.78, 5) is 34.8. The molecule has 1 aliphatic rings. The number of anilines is 1. The summed E-state index contributed by atoms with van der Waals surface area (Å²) in [6.45, 7) is 1.44. The lowest BCUT2D eigenvalue weighted by Crippen LogP contribution is -2.36. The van der Waals surface area contributed by atoms with Crippen LogP contribution in [0.15, 0.2) is 10.6 Å². The van der Waals surface area contributed by atoms with Crippen LogP contribution in [0.2, 0.25) is 0 Å². The molecule has 2 N–H and O–H groups in total. The first kappa shape index (κ1) is 18.3. The maximum atomic E-state index is 11.6. The maximum Gasteiger partial charge on any atom is 0.316 e. The predicted octanol–water partition coefficient (Wildman–Crippen LogP) is 1.26. The van der Waals surface area contributed by atoms with Gasteiger partial charge in [0.15, 0.2) is 12.4 Å². The zero-order valence-corrected chi connectivity index (χ0v) is 14.3. The summed E-state index contributed by atoms with van der Waals surface area (Å²) < 4.78 is 9.71. The van der Waals surface area contributed by atoms with Crippen molar-refractivity contribution in [2.24, 2.45) is 0 Å². The van der Waals surface area contributed by atoms with Crippen molar-refractivity contribution in [2.45, 2.75) is 38.6 Å². The highest BCUT2D eigenvalue weighted by Crippen LogP contribution is 2.17. The molecule has 1 aliphatic carbocycles. The zero-order valence-electron chi connectivity index (χ0n) is 13.5. The van der Waals surface area contributed by atoms with Gasteiger partial charge in [0.1, 0.15) is 5.76 Å². The number of carbonyl (C=O) groups is 3. The molecule has 1 saturated carbocycles. The quantitative estimate of drug-likeness (QED) is 0.675. The molecule has 0 atom stereocenters. The number of amides is 2. The molecule has 24 heavy (non-hydrogen) atoms. The first-order valence-corrected chi connectivity index (χ1v) is 8.94. The predicted molar refractivity (Wildman–Crippen MR) is 88.6 cm³/mol. The molecule has 0 saturated heterocycles. The van der Waals surface area contributed by atoms with E-state index in [1.54, 1.807) is 13.0 Å². The van der Waals surface area contributed by atoms with Gasteiger partial charge >= 0.3 is 5.97 Å². The maximum absolute atomic E-state index is 11.6. The van der Waals surface area contributed by atoms with Crippen molar-refractivity contribution in [3.8, 4) is 0 Å². The van der Waals surface area contributed by atoms with Gasteiger partial charge in [-0.1, -0.05) is 18.0 Å². The lowest BCUT2D eigenvalue weighted by Gasteiger charge is -2.11. The number of rotatable bonds is 8. The van der Waals surface area contributed by atoms with Gasteiger partial charge in [-0.3, -0.25) is 14.4 Å². The van der Waals surface area contributed by atoms with E-state index in [0.717, 1.165) is 37.4 Å². The topological polar surface area (TPSA) is 111 Å². The van der Waals surface area contributed by atoms with Gasteiger partial charge in [-0.05, 0) is 19.8 Å². The third kappa shape index (κ3) is 6.61. The highest BCUT2D eigenvalue weighted by Gasteiger charge is 2.18. The number of nitrogens with zero attached hydrogens (tertiary/aromatic N) is 1. The summed E-state index contributed by atoms with van der Waals surface area (Å²) in [5.41, 5.74) is 0. The zero-order chi connectivity index (χ0) is 17.4. The molecule has 0 radical (unpaired) electrons. The van der Waals surface area contributed by atoms with Crippen LogP contribution in [0.3, 0.4) is 0 Å². The highest BCUT2D eigenvalue weighted by molar-refractivity contribution is 8.00. The molecule has 0 bridgehead atoms. The van der Waals surface area contributed by atoms with Crippen LogP contribution in [-0.4, -0.2) is 47.1 Å². The van der Waals surface area contributed by atoms with E-state index in [0.29, 0.717) is 11.6 Å². The van der Waals surface area contributed by atoms with Crippen molar-refractivity contribution < 1.29 is 23.6 Å². The van der Waals surface area contributed by atoms with E-state index in [4.69, 9.17) is 9.26 Å². The van der Waals surface area contributed by atoms with Gasteiger partial charge in [0.05, 0.1) is 11.5 Å². The van der Waals surface area contributed by atoms with Crippen LogP contribution >= 0.6 is 11.8 Å². The normalized spacial score (nSPS) is 14.4. The second kappa shape index (κ2) is 9.31. The summed E-state index contributed by atoms with van der Waals surface area (Å²) in [5, 5.41) is 9.02. The molecule has 8 nitrogen and oxygen atoms in total. The van der Waals surface area contributed by atoms with Crippen molar-refractivity contribution in [1.29, 1.82) is 0 Å². The Morgan fingerprint density at radius 3 is 2.71 bits per heavy atom. The number of thioether (sulfide) groups is 1. The summed E-state index contributed by atoms with van der Waals surface area (Å²) in [6.07, 6.45) is 4.21. The average Bonchev–Trinajstić information content (AvgIpc) is 3.17. The number of aromatic nitrogens is 1. The number of ether oxygens (including phenoxy) is 1. The monoisotopic (exact) mass is 355 g/mol. The molecule has 2 amide bonds. The van der Waals surface area contributed by atoms with E-state index in [1.165, 1.54) is 0 Å². The minimum absolute atomic E-state index is 0.00196. The molecule has 2 rings (SSSR count). The number of nitrogens with one attached hydrogen (secondary N) is 2. The van der Waals surface area contributed by atoms with Crippen molar-refractivity contribution in [3.63, 3.8) is 0 Å². The van der Waals surface area contributed by atoms with E-state index in [1.807, 2.05) is 0 Å². The Labute approximate surface area is 144 Å². The minimum Gasteiger partial charge on any atom is -0.455 e. The third-order valence-electron chi connectivity index (χ3n) is 3.43. The molecule has 1 aromatic heterocycles. The SMILES string of the molecule is Cc1cc(NC(=O)CSCC(=O)OCC(=O)NC2CCCC2)no1. The van der Waals surface area contributed by atoms with Gasteiger partial charge < -0.3 is 19.9 Å². The van der Waals surface area contributed by atoms with Gasteiger partial charge in [0, 0.05) is 12.1 Å². The lowest BCUT2D eigenvalue weighted by atomic mass is 10.2. The van der Waals surface area contributed by atoms with Gasteiger partial charge in [0.25, 0.3) is 5.91 Å². The fourth-order valence-corrected chi connectivity index (χ4v) is 2.97. The molecule has 0 spiro atoms. The largest absolute Gasteiger partial charge is 0.455 e. The van der Waals surface area contributed by atoms with Crippen molar-refractivity contribution in [3.05, 3.63) is 11.8 Å². The third-order valence-corrected chi connectivity index (χ3v) is 4.34. The highest BCUT2D eigenvalue weighted by atomic mass is 32.2. The Hall–Kier alpha value is -2.03. The van der Waals surface area contributed by atoms with E-state index in [9.17, 15) is 14.4 Å². The van der Waals surface area contributed by atoms with Crippen LogP contribution in [0.5, 0.6) is 0 Å². The van der Waals surface area contributed by atoms with Crippen LogP contribution in [0.4, 0.5) is 5.82 Å². The molecule has 1 aromatic rings. The van der Waals surface area contributed by atoms with Gasteiger partial charge in [-0.2, -0.15) is 0 Å². The fraction of sp³-hybridized carbons (Fsp3) is 0.600. The molecule has 1 heterocycles. The minimum atomic E-state index is -0.522. The average molecular weight is 355 g/mol. The van der Waals surface area contributed by atoms with Crippen LogP contribution in [0.1, 0.15) is 31.4 Å². The van der Waals surface area contributed by atoms with Crippen molar-refractivity contribution >= 4 is 35.4 Å². The number of carbonyl (C=O) groups excluding carboxylic acids is 3. The fourth-order valence-electron chi connectivity index (χ4n) is 2.36. The Kier molecular flexibility index (Phi) is 7.10. The standard InChI is InChI=1S/C15H21N3O5S/c1-10-6-12(18-23-10)17-14(20)8-24-9-15(21)22-7-13(19)16-11-4-2-3-5-11/h6,11H,2-5,7-9H2,1H3,(H,16,19)(H,17,18,20). The molecular formula is C15H21N3O5S. The van der Waals surface area contributed by atoms with E-state index in [-0.39, 0.29) is 36.0 Å². The van der Waals surface area contributed by atoms with Crippen LogP contribution in [-0.2, 0) is 19.1 Å². The Morgan fingerprint density at radius 2 is 2.04 bits per heavy atom. The number of hydrogen-bond acceptors (Lipinski definition) is 7. The first-order valence-electron chi connectivity index (χ1n) is 7.79. The summed E-state index contributed by atoms with van der Waals surface area (Å²) in [7, 11) is 0. The number of esters is 1. The Balaban J connectivity index is 1.54. The first-order chi connectivity index (χ1) is 11.5. The van der Waals surface area contributed by atoms with Crippen LogP contribution in [0.25, 0.3) is 0 Å². The van der Waals surface area contributed by atoms with E-state index < -0.39 is 5.97 Å². The van der Waals surface area contributed by atoms with Crippen molar-refractivity contribution in [1.82, 2.24) is 10.5 Å². The Bertz CT molecular complexity index is 583. The van der Waals surface area contributed by atoms with Gasteiger partial charge in [-0.15, -0.1) is 11.8 Å². The van der Waals surface area contributed by atoms with Crippen LogP contribution < -0.4 is 10.6 Å². The smallest absolute Gasteiger partial charge is 0.316 e. The van der Waals surface area contributed by atoms with E-state index >= 15 is 0 Å². The van der Waals surface area contributed by atoms with Crippen molar-refractivity contribution in [2.75, 3.05) is 23.4 Å². The number of hydrogen-bond donors (Lipinski definition) is 2. The second-order valence-corrected chi connectivity index (χ2v) is 6.56. The molecule has 1 fully saturated rings. The lowest BCUT2D eigenvalue weighted by molar-refractivity contribution is -0.146. The summed E-state index contributed by atoms with van der Waals surface area (Å²) >= 11 is 1.10.